The third-order valence-electron chi connectivity index (χ3n) is 5.02. The number of nitrogens with zero attached hydrogens (tertiary/aromatic N) is 1. The van der Waals surface area contributed by atoms with Crippen LogP contribution in [0.5, 0.6) is 5.75 Å². The molecule has 1 saturated heterocycles. The molecule has 13 heteroatoms. The Balaban J connectivity index is 1.75. The van der Waals surface area contributed by atoms with Gasteiger partial charge in [-0.2, -0.15) is 5.09 Å². The van der Waals surface area contributed by atoms with Crippen molar-refractivity contribution in [1.29, 1.82) is 0 Å². The van der Waals surface area contributed by atoms with Gasteiger partial charge in [-0.1, -0.05) is 18.2 Å². The average molecular weight is 513 g/mol. The predicted molar refractivity (Wildman–Crippen MR) is 124 cm³/mol. The summed E-state index contributed by atoms with van der Waals surface area (Å²) in [4.78, 5) is 37.7. The van der Waals surface area contributed by atoms with Gasteiger partial charge in [0.25, 0.3) is 5.56 Å². The summed E-state index contributed by atoms with van der Waals surface area (Å²) in [6.07, 6.45) is -1.70. The fraction of sp³-hybridized carbons (Fsp3) is 0.500. The number of para-hydroxylation sites is 1. The van der Waals surface area contributed by atoms with Gasteiger partial charge in [0.05, 0.1) is 18.8 Å². The first-order valence-electron chi connectivity index (χ1n) is 11.0. The molecule has 2 heterocycles. The molecule has 0 bridgehead atoms. The Bertz CT molecular complexity index is 1180. The van der Waals surface area contributed by atoms with Crippen molar-refractivity contribution in [2.24, 2.45) is 0 Å². The van der Waals surface area contributed by atoms with E-state index in [4.69, 9.17) is 18.5 Å². The van der Waals surface area contributed by atoms with Crippen LogP contribution in [0.15, 0.2) is 52.2 Å². The van der Waals surface area contributed by atoms with Crippen LogP contribution in [0.3, 0.4) is 0 Å². The monoisotopic (exact) mass is 513 g/mol. The first-order valence-corrected chi connectivity index (χ1v) is 12.6. The van der Waals surface area contributed by atoms with E-state index in [1.165, 1.54) is 13.8 Å². The van der Waals surface area contributed by atoms with Crippen molar-refractivity contribution in [1.82, 2.24) is 14.6 Å². The van der Waals surface area contributed by atoms with Gasteiger partial charge in [0, 0.05) is 18.7 Å². The van der Waals surface area contributed by atoms with E-state index in [2.05, 4.69) is 10.1 Å². The number of halogens is 1. The Morgan fingerprint density at radius 1 is 1.29 bits per heavy atom. The van der Waals surface area contributed by atoms with E-state index in [1.807, 2.05) is 0 Å². The van der Waals surface area contributed by atoms with Crippen molar-refractivity contribution in [3.63, 3.8) is 0 Å². The third kappa shape index (κ3) is 7.11. The Kier molecular flexibility index (Phi) is 8.32. The molecule has 0 radical (unpaired) electrons. The first-order chi connectivity index (χ1) is 16.4. The fourth-order valence-electron chi connectivity index (χ4n) is 3.50. The lowest BCUT2D eigenvalue weighted by Gasteiger charge is -2.24. The summed E-state index contributed by atoms with van der Waals surface area (Å²) in [5.41, 5.74) is -3.45. The maximum Gasteiger partial charge on any atom is 0.459 e. The van der Waals surface area contributed by atoms with Crippen molar-refractivity contribution in [3.8, 4) is 5.75 Å². The maximum absolute atomic E-state index is 15.3. The first kappa shape index (κ1) is 26.8. The van der Waals surface area contributed by atoms with Gasteiger partial charge in [0.1, 0.15) is 11.8 Å². The highest BCUT2D eigenvalue weighted by Gasteiger charge is 2.48. The molecule has 2 N–H and O–H groups in total. The third-order valence-corrected chi connectivity index (χ3v) is 6.67. The van der Waals surface area contributed by atoms with E-state index < -0.39 is 49.0 Å². The molecule has 1 aromatic carbocycles. The van der Waals surface area contributed by atoms with Crippen molar-refractivity contribution in [2.75, 3.05) is 6.61 Å². The molecule has 5 atom stereocenters. The van der Waals surface area contributed by atoms with Crippen molar-refractivity contribution in [2.45, 2.75) is 64.3 Å². The smallest absolute Gasteiger partial charge is 0.459 e. The summed E-state index contributed by atoms with van der Waals surface area (Å²) in [6.45, 7) is 5.67. The van der Waals surface area contributed by atoms with Crippen LogP contribution in [-0.2, 0) is 23.4 Å². The largest absolute Gasteiger partial charge is 0.462 e. The number of carbonyl (C=O) groups excluding carboxylic acids is 1. The number of esters is 1. The number of hydrogen-bond donors (Lipinski definition) is 2. The molecule has 192 valence electrons. The molecule has 11 nitrogen and oxygen atoms in total. The van der Waals surface area contributed by atoms with Crippen LogP contribution in [0, 0.1) is 0 Å². The highest BCUT2D eigenvalue weighted by molar-refractivity contribution is 7.52. The Morgan fingerprint density at radius 3 is 2.60 bits per heavy atom. The Labute approximate surface area is 201 Å². The minimum atomic E-state index is -4.17. The van der Waals surface area contributed by atoms with E-state index >= 15 is 4.39 Å². The summed E-state index contributed by atoms with van der Waals surface area (Å²) >= 11 is 0. The lowest BCUT2D eigenvalue weighted by atomic mass is 10.0. The van der Waals surface area contributed by atoms with Gasteiger partial charge in [0.2, 0.25) is 0 Å². The molecule has 3 rings (SSSR count). The van der Waals surface area contributed by atoms with E-state index in [-0.39, 0.29) is 24.9 Å². The lowest BCUT2D eigenvalue weighted by Crippen LogP contribution is -2.38. The van der Waals surface area contributed by atoms with Gasteiger partial charge < -0.3 is 14.0 Å². The zero-order chi connectivity index (χ0) is 25.8. The molecular weight excluding hydrogens is 484 g/mol. The van der Waals surface area contributed by atoms with Gasteiger partial charge in [-0.15, -0.1) is 0 Å². The number of carbonyl (C=O) groups is 1. The van der Waals surface area contributed by atoms with E-state index in [1.54, 1.807) is 44.2 Å². The quantitative estimate of drug-likeness (QED) is 0.363. The van der Waals surface area contributed by atoms with Gasteiger partial charge in [0.15, 0.2) is 11.9 Å². The lowest BCUT2D eigenvalue weighted by molar-refractivity contribution is -0.149. The molecule has 0 amide bonds. The molecule has 0 saturated carbocycles. The molecule has 1 aliphatic rings. The molecule has 1 aromatic heterocycles. The molecule has 2 aromatic rings. The molecule has 35 heavy (non-hydrogen) atoms. The van der Waals surface area contributed by atoms with E-state index in [0.717, 1.165) is 16.8 Å². The number of rotatable bonds is 10. The van der Waals surface area contributed by atoms with Crippen molar-refractivity contribution >= 4 is 13.7 Å². The highest BCUT2D eigenvalue weighted by Crippen LogP contribution is 2.47. The maximum atomic E-state index is 15.3. The van der Waals surface area contributed by atoms with Crippen LogP contribution in [-0.4, -0.2) is 46.0 Å². The molecule has 1 aliphatic heterocycles. The standard InChI is InChI=1S/C22H29FN3O8P/c1-14(2)32-19(28)15(3)25-35(30,34-16-8-6-5-7-9-16)31-13-17-12-22(4,23)20(33-17)26-11-10-18(27)24-21(26)29/h5-11,14-15,17,20H,12-13H2,1-4H3,(H,25,30)(H,24,27,29)/t15-,17+,20-,22-,35+/m1/s1. The average Bonchev–Trinajstić information content (AvgIpc) is 3.06. The number of aromatic nitrogens is 2. The summed E-state index contributed by atoms with van der Waals surface area (Å²) in [5.74, 6) is -0.445. The molecule has 0 aliphatic carbocycles. The second-order valence-corrected chi connectivity index (χ2v) is 10.3. The zero-order valence-corrected chi connectivity index (χ0v) is 20.7. The second kappa shape index (κ2) is 10.9. The van der Waals surface area contributed by atoms with Gasteiger partial charge >= 0.3 is 19.4 Å². The van der Waals surface area contributed by atoms with Gasteiger partial charge in [-0.3, -0.25) is 23.7 Å². The number of ether oxygens (including phenoxy) is 2. The van der Waals surface area contributed by atoms with E-state index in [9.17, 15) is 18.9 Å². The molecule has 0 unspecified atom stereocenters. The SMILES string of the molecule is CC(C)OC(=O)[C@@H](C)N[P@](=O)(OC[C@@H]1C[C@@](C)(F)[C@H](n2ccc(=O)[nH]c2=O)O1)Oc1ccccc1. The Hall–Kier alpha value is -2.79. The summed E-state index contributed by atoms with van der Waals surface area (Å²) in [6, 6.07) is 8.20. The van der Waals surface area contributed by atoms with Crippen LogP contribution in [0.4, 0.5) is 4.39 Å². The molecular formula is C22H29FN3O8P. The van der Waals surface area contributed by atoms with Crippen LogP contribution in [0.2, 0.25) is 0 Å². The Morgan fingerprint density at radius 2 is 1.97 bits per heavy atom. The summed E-state index contributed by atoms with van der Waals surface area (Å²) in [7, 11) is -4.17. The minimum absolute atomic E-state index is 0.195. The minimum Gasteiger partial charge on any atom is -0.462 e. The van der Waals surface area contributed by atoms with E-state index in [0.29, 0.717) is 0 Å². The molecule has 1 fully saturated rings. The number of hydrogen-bond acceptors (Lipinski definition) is 8. The van der Waals surface area contributed by atoms with Crippen LogP contribution in [0.25, 0.3) is 0 Å². The summed E-state index contributed by atoms with van der Waals surface area (Å²) < 4.78 is 51.7. The number of aromatic amines is 1. The van der Waals surface area contributed by atoms with Crippen LogP contribution >= 0.6 is 7.75 Å². The van der Waals surface area contributed by atoms with Crippen molar-refractivity contribution < 1.29 is 32.3 Å². The number of nitrogens with one attached hydrogen (secondary N) is 2. The van der Waals surface area contributed by atoms with Crippen molar-refractivity contribution in [3.05, 3.63) is 63.4 Å². The normalized spacial score (nSPS) is 24.6. The predicted octanol–water partition coefficient (Wildman–Crippen LogP) is 2.69. The number of H-pyrrole nitrogens is 1. The number of alkyl halides is 1. The van der Waals surface area contributed by atoms with Gasteiger partial charge in [-0.25, -0.2) is 13.8 Å². The zero-order valence-electron chi connectivity index (χ0n) is 19.8. The van der Waals surface area contributed by atoms with Gasteiger partial charge in [-0.05, 0) is 39.8 Å². The number of benzene rings is 1. The highest BCUT2D eigenvalue weighted by atomic mass is 31.2. The fourth-order valence-corrected chi connectivity index (χ4v) is 5.02. The topological polar surface area (TPSA) is 138 Å². The summed E-state index contributed by atoms with van der Waals surface area (Å²) in [5, 5.41) is 2.54. The second-order valence-electron chi connectivity index (χ2n) is 8.64. The van der Waals surface area contributed by atoms with Crippen LogP contribution in [0.1, 0.15) is 40.3 Å². The van der Waals surface area contributed by atoms with Crippen LogP contribution < -0.4 is 20.9 Å². The molecule has 0 spiro atoms.